The van der Waals surface area contributed by atoms with Crippen LogP contribution in [0.15, 0.2) is 66.7 Å². The summed E-state index contributed by atoms with van der Waals surface area (Å²) in [7, 11) is 0. The molecule has 0 spiro atoms. The fourth-order valence-corrected chi connectivity index (χ4v) is 5.40. The minimum absolute atomic E-state index is 0.0292. The monoisotopic (exact) mass is 614 g/mol. The predicted octanol–water partition coefficient (Wildman–Crippen LogP) is 9.82. The molecule has 5 nitrogen and oxygen atoms in total. The van der Waals surface area contributed by atoms with E-state index >= 15 is 0 Å². The van der Waals surface area contributed by atoms with Gasteiger partial charge in [-0.25, -0.2) is 9.59 Å². The molecule has 1 N–H and O–H groups in total. The van der Waals surface area contributed by atoms with Crippen LogP contribution < -0.4 is 0 Å². The van der Waals surface area contributed by atoms with E-state index in [1.54, 1.807) is 18.2 Å². The molecule has 1 aliphatic carbocycles. The summed E-state index contributed by atoms with van der Waals surface area (Å²) in [5.74, 6) is -2.10. The zero-order valence-corrected chi connectivity index (χ0v) is 25.8. The third kappa shape index (κ3) is 10.1. The Kier molecular flexibility index (Phi) is 13.7. The molecule has 0 radical (unpaired) electrons. The van der Waals surface area contributed by atoms with Crippen LogP contribution in [-0.4, -0.2) is 41.5 Å². The van der Waals surface area contributed by atoms with Crippen molar-refractivity contribution in [2.45, 2.75) is 109 Å². The minimum atomic E-state index is -4.70. The summed E-state index contributed by atoms with van der Waals surface area (Å²) in [4.78, 5) is 25.2. The first kappa shape index (κ1) is 35.1. The second-order valence-corrected chi connectivity index (χ2v) is 11.4. The van der Waals surface area contributed by atoms with Crippen molar-refractivity contribution in [3.05, 3.63) is 83.4 Å². The first-order valence-corrected chi connectivity index (χ1v) is 15.8. The van der Waals surface area contributed by atoms with Gasteiger partial charge in [0.05, 0.1) is 5.56 Å². The van der Waals surface area contributed by atoms with E-state index in [2.05, 4.69) is 6.92 Å². The number of alkyl halides is 3. The maximum absolute atomic E-state index is 14.1. The summed E-state index contributed by atoms with van der Waals surface area (Å²) in [5.41, 5.74) is 1.31. The number of unbranched alkanes of at least 4 members (excludes halogenated alkanes) is 8. The molecular formula is C36H45F3O5. The molecule has 0 fully saturated rings. The highest BCUT2D eigenvalue weighted by atomic mass is 19.4. The number of halogens is 3. The Morgan fingerprint density at radius 2 is 1.45 bits per heavy atom. The van der Waals surface area contributed by atoms with Crippen molar-refractivity contribution in [1.82, 2.24) is 0 Å². The molecule has 0 bridgehead atoms. The molecule has 44 heavy (non-hydrogen) atoms. The number of hydrogen-bond donors (Lipinski definition) is 1. The van der Waals surface area contributed by atoms with Gasteiger partial charge in [-0.1, -0.05) is 114 Å². The third-order valence-electron chi connectivity index (χ3n) is 7.99. The number of allylic oxidation sites excluding steroid dienone is 2. The lowest BCUT2D eigenvalue weighted by Crippen LogP contribution is -2.47. The van der Waals surface area contributed by atoms with Gasteiger partial charge in [0, 0.05) is 13.0 Å². The molecule has 2 atom stereocenters. The van der Waals surface area contributed by atoms with Crippen molar-refractivity contribution >= 4 is 23.1 Å². The number of carboxylic acid groups (broad SMARTS) is 1. The van der Waals surface area contributed by atoms with E-state index in [1.807, 2.05) is 37.3 Å². The van der Waals surface area contributed by atoms with Crippen molar-refractivity contribution in [3.63, 3.8) is 0 Å². The maximum Gasteiger partial charge on any atom is 0.425 e. The second kappa shape index (κ2) is 17.2. The van der Waals surface area contributed by atoms with Crippen LogP contribution >= 0.6 is 0 Å². The van der Waals surface area contributed by atoms with Crippen molar-refractivity contribution in [2.24, 2.45) is 0 Å². The summed E-state index contributed by atoms with van der Waals surface area (Å²) in [6, 6.07) is 15.7. The number of hydrogen-bond acceptors (Lipinski definition) is 4. The molecule has 240 valence electrons. The highest BCUT2D eigenvalue weighted by Crippen LogP contribution is 2.42. The number of carbonyl (C=O) groups excluding carboxylic acids is 1. The first-order valence-electron chi connectivity index (χ1n) is 15.8. The largest absolute Gasteiger partial charge is 0.478 e. The summed E-state index contributed by atoms with van der Waals surface area (Å²) in [6.45, 7) is 4.32. The van der Waals surface area contributed by atoms with Crippen LogP contribution in [0.2, 0.25) is 0 Å². The fourth-order valence-electron chi connectivity index (χ4n) is 5.40. The Bertz CT molecular complexity index is 1250. The number of benzene rings is 2. The van der Waals surface area contributed by atoms with Gasteiger partial charge >= 0.3 is 18.1 Å². The Hall–Kier alpha value is -3.39. The number of ether oxygens (including phenoxy) is 2. The van der Waals surface area contributed by atoms with Gasteiger partial charge in [-0.15, -0.1) is 0 Å². The molecule has 0 amide bonds. The topological polar surface area (TPSA) is 72.8 Å². The Labute approximate surface area is 259 Å². The predicted molar refractivity (Wildman–Crippen MR) is 167 cm³/mol. The van der Waals surface area contributed by atoms with Crippen molar-refractivity contribution in [1.29, 1.82) is 0 Å². The SMILES string of the molecule is CCCCCCCCOC1(C(=O)OC(CCCCCC)C(F)(F)F)C=CC(c2ccc(C(=O)O)cc2)=C(c2ccccc2)C1. The number of carboxylic acids is 1. The number of carbonyl (C=O) groups is 2. The van der Waals surface area contributed by atoms with E-state index in [4.69, 9.17) is 9.47 Å². The molecule has 0 saturated carbocycles. The molecule has 2 aromatic rings. The van der Waals surface area contributed by atoms with Crippen LogP contribution in [0.3, 0.4) is 0 Å². The lowest BCUT2D eigenvalue weighted by atomic mass is 9.80. The van der Waals surface area contributed by atoms with E-state index in [-0.39, 0.29) is 25.0 Å². The normalized spacial score (nSPS) is 17.5. The Morgan fingerprint density at radius 3 is 2.07 bits per heavy atom. The van der Waals surface area contributed by atoms with Gasteiger partial charge in [-0.2, -0.15) is 13.2 Å². The van der Waals surface area contributed by atoms with Crippen molar-refractivity contribution in [3.8, 4) is 0 Å². The van der Waals surface area contributed by atoms with E-state index in [0.29, 0.717) is 30.4 Å². The second-order valence-electron chi connectivity index (χ2n) is 11.4. The van der Waals surface area contributed by atoms with Crippen LogP contribution in [-0.2, 0) is 14.3 Å². The lowest BCUT2D eigenvalue weighted by molar-refractivity contribution is -0.231. The van der Waals surface area contributed by atoms with Gasteiger partial charge in [-0.3, -0.25) is 0 Å². The van der Waals surface area contributed by atoms with E-state index in [9.17, 15) is 27.9 Å². The summed E-state index contributed by atoms with van der Waals surface area (Å²) >= 11 is 0. The fraction of sp³-hybridized carbons (Fsp3) is 0.500. The number of rotatable bonds is 18. The zero-order chi connectivity index (χ0) is 32.0. The third-order valence-corrected chi connectivity index (χ3v) is 7.99. The Balaban J connectivity index is 1.96. The molecule has 8 heteroatoms. The van der Waals surface area contributed by atoms with Crippen molar-refractivity contribution < 1.29 is 37.3 Å². The highest BCUT2D eigenvalue weighted by molar-refractivity contribution is 6.01. The molecule has 2 aromatic carbocycles. The van der Waals surface area contributed by atoms with Crippen molar-refractivity contribution in [2.75, 3.05) is 6.61 Å². The molecular weight excluding hydrogens is 569 g/mol. The molecule has 0 saturated heterocycles. The molecule has 3 rings (SSSR count). The van der Waals surface area contributed by atoms with E-state index in [1.165, 1.54) is 18.2 Å². The first-order chi connectivity index (χ1) is 21.1. The minimum Gasteiger partial charge on any atom is -0.478 e. The quantitative estimate of drug-likeness (QED) is 0.134. The average molecular weight is 615 g/mol. The van der Waals surface area contributed by atoms with Crippen LogP contribution in [0.1, 0.15) is 112 Å². The highest BCUT2D eigenvalue weighted by Gasteiger charge is 2.48. The van der Waals surface area contributed by atoms with Gasteiger partial charge in [0.1, 0.15) is 0 Å². The van der Waals surface area contributed by atoms with Gasteiger partial charge in [0.25, 0.3) is 0 Å². The molecule has 2 unspecified atom stereocenters. The van der Waals surface area contributed by atoms with Crippen LogP contribution in [0.25, 0.3) is 11.1 Å². The molecule has 0 aromatic heterocycles. The van der Waals surface area contributed by atoms with Gasteiger partial charge in [0.15, 0.2) is 11.7 Å². The van der Waals surface area contributed by atoms with Crippen LogP contribution in [0.4, 0.5) is 13.2 Å². The summed E-state index contributed by atoms with van der Waals surface area (Å²) < 4.78 is 53.7. The summed E-state index contributed by atoms with van der Waals surface area (Å²) in [5, 5.41) is 9.34. The number of aromatic carboxylic acids is 1. The van der Waals surface area contributed by atoms with E-state index in [0.717, 1.165) is 56.1 Å². The summed E-state index contributed by atoms with van der Waals surface area (Å²) in [6.07, 6.45) is 4.52. The molecule has 0 heterocycles. The van der Waals surface area contributed by atoms with Gasteiger partial charge in [0.2, 0.25) is 0 Å². The Morgan fingerprint density at radius 1 is 0.841 bits per heavy atom. The molecule has 0 aliphatic heterocycles. The standard InChI is InChI=1S/C36H45F3O5/c1-3-5-7-9-10-15-25-43-35(34(42)44-32(36(37,38)39)18-14-8-6-4-2)24-23-30(28-19-21-29(22-20-28)33(40)41)31(26-35)27-16-12-11-13-17-27/h11-13,16-17,19-24,32H,3-10,14-15,18,25-26H2,1-2H3,(H,40,41). The number of esters is 1. The smallest absolute Gasteiger partial charge is 0.425 e. The lowest BCUT2D eigenvalue weighted by Gasteiger charge is -2.35. The molecule has 1 aliphatic rings. The van der Waals surface area contributed by atoms with Gasteiger partial charge in [-0.05, 0) is 59.7 Å². The zero-order valence-electron chi connectivity index (χ0n) is 25.8. The van der Waals surface area contributed by atoms with Gasteiger partial charge < -0.3 is 14.6 Å². The average Bonchev–Trinajstić information content (AvgIpc) is 3.02. The maximum atomic E-state index is 14.1. The van der Waals surface area contributed by atoms with Crippen LogP contribution in [0.5, 0.6) is 0 Å². The van der Waals surface area contributed by atoms with Crippen LogP contribution in [0, 0.1) is 0 Å². The van der Waals surface area contributed by atoms with E-state index < -0.39 is 29.8 Å².